The number of hydrogen-bond donors (Lipinski definition) is 1. The van der Waals surface area contributed by atoms with Crippen molar-refractivity contribution < 1.29 is 9.32 Å². The van der Waals surface area contributed by atoms with Crippen molar-refractivity contribution in [1.29, 1.82) is 0 Å². The Kier molecular flexibility index (Phi) is 3.92. The molecule has 0 saturated carbocycles. The normalized spacial score (nSPS) is 23.6. The molecule has 2 fully saturated rings. The second-order valence-electron chi connectivity index (χ2n) is 4.92. The molecule has 0 spiro atoms. The molecular weight excluding hydrogens is 254 g/mol. The van der Waals surface area contributed by atoms with Gasteiger partial charge in [-0.1, -0.05) is 5.16 Å². The van der Waals surface area contributed by atoms with E-state index in [1.165, 1.54) is 0 Å². The third-order valence-corrected chi connectivity index (χ3v) is 3.64. The van der Waals surface area contributed by atoms with Crippen molar-refractivity contribution in [2.45, 2.75) is 25.8 Å². The van der Waals surface area contributed by atoms with E-state index in [0.29, 0.717) is 0 Å². The van der Waals surface area contributed by atoms with Gasteiger partial charge in [0, 0.05) is 25.7 Å². The molecule has 1 atom stereocenters. The number of amides is 1. The Balaban J connectivity index is 0.00000120. The molecule has 18 heavy (non-hydrogen) atoms. The maximum atomic E-state index is 12.2. The molecule has 2 saturated heterocycles. The van der Waals surface area contributed by atoms with Gasteiger partial charge in [0.2, 0.25) is 5.91 Å². The number of nitrogens with one attached hydrogen (secondary N) is 1. The van der Waals surface area contributed by atoms with E-state index in [4.69, 9.17) is 4.52 Å². The first-order valence-corrected chi connectivity index (χ1v) is 6.20. The number of aromatic nitrogens is 1. The van der Waals surface area contributed by atoms with E-state index in [1.54, 1.807) is 0 Å². The lowest BCUT2D eigenvalue weighted by Gasteiger charge is -2.32. The van der Waals surface area contributed by atoms with Gasteiger partial charge in [-0.3, -0.25) is 4.79 Å². The molecule has 3 rings (SSSR count). The average molecular weight is 272 g/mol. The molecule has 1 amide bonds. The van der Waals surface area contributed by atoms with Gasteiger partial charge < -0.3 is 14.7 Å². The molecule has 0 radical (unpaired) electrons. The van der Waals surface area contributed by atoms with Crippen LogP contribution < -0.4 is 5.32 Å². The molecule has 2 aliphatic rings. The summed E-state index contributed by atoms with van der Waals surface area (Å²) in [6.45, 7) is 4.39. The number of carbonyl (C=O) groups is 1. The molecule has 0 aliphatic carbocycles. The number of rotatable bonds is 2. The van der Waals surface area contributed by atoms with Gasteiger partial charge >= 0.3 is 0 Å². The Labute approximate surface area is 112 Å². The summed E-state index contributed by atoms with van der Waals surface area (Å²) in [7, 11) is 0. The van der Waals surface area contributed by atoms with Gasteiger partial charge in [-0.05, 0) is 19.8 Å². The third-order valence-electron chi connectivity index (χ3n) is 3.64. The van der Waals surface area contributed by atoms with Crippen LogP contribution in [0.2, 0.25) is 0 Å². The summed E-state index contributed by atoms with van der Waals surface area (Å²) in [6.07, 6.45) is 2.04. The summed E-state index contributed by atoms with van der Waals surface area (Å²) in [4.78, 5) is 14.2. The van der Waals surface area contributed by atoms with Crippen LogP contribution in [0.3, 0.4) is 0 Å². The van der Waals surface area contributed by atoms with Crippen molar-refractivity contribution >= 4 is 18.3 Å². The average Bonchev–Trinajstić information content (AvgIpc) is 2.81. The van der Waals surface area contributed by atoms with Crippen molar-refractivity contribution in [2.24, 2.45) is 5.92 Å². The monoisotopic (exact) mass is 271 g/mol. The molecule has 100 valence electrons. The van der Waals surface area contributed by atoms with E-state index in [9.17, 15) is 4.79 Å². The van der Waals surface area contributed by atoms with E-state index >= 15 is 0 Å². The van der Waals surface area contributed by atoms with Crippen LogP contribution in [-0.2, 0) is 4.79 Å². The minimum Gasteiger partial charge on any atom is -0.359 e. The molecule has 5 nitrogen and oxygen atoms in total. The van der Waals surface area contributed by atoms with E-state index < -0.39 is 0 Å². The number of aryl methyl sites for hydroxylation is 1. The van der Waals surface area contributed by atoms with Gasteiger partial charge in [-0.25, -0.2) is 0 Å². The van der Waals surface area contributed by atoms with Crippen LogP contribution in [0, 0.1) is 12.8 Å². The summed E-state index contributed by atoms with van der Waals surface area (Å²) < 4.78 is 5.30. The van der Waals surface area contributed by atoms with Crippen molar-refractivity contribution in [3.63, 3.8) is 0 Å². The van der Waals surface area contributed by atoms with Crippen LogP contribution in [0.5, 0.6) is 0 Å². The Morgan fingerprint density at radius 1 is 1.56 bits per heavy atom. The fraction of sp³-hybridized carbons (Fsp3) is 0.667. The van der Waals surface area contributed by atoms with E-state index in [2.05, 4.69) is 10.5 Å². The predicted molar refractivity (Wildman–Crippen MR) is 68.5 cm³/mol. The predicted octanol–water partition coefficient (Wildman–Crippen LogP) is 1.29. The minimum atomic E-state index is 0. The van der Waals surface area contributed by atoms with Gasteiger partial charge in [0.05, 0.1) is 17.7 Å². The zero-order chi connectivity index (χ0) is 11.8. The van der Waals surface area contributed by atoms with Crippen LogP contribution in [0.25, 0.3) is 0 Å². The lowest BCUT2D eigenvalue weighted by molar-refractivity contribution is -0.138. The standard InChI is InChI=1S/C12H17N3O2.ClH/c1-8-5-11(17-14-8)10-3-2-4-15(10)12(16)9-6-13-7-9;/h5,9-10,13H,2-4,6-7H2,1H3;1H. The second-order valence-corrected chi connectivity index (χ2v) is 4.92. The Morgan fingerprint density at radius 2 is 2.33 bits per heavy atom. The number of halogens is 1. The van der Waals surface area contributed by atoms with E-state index in [-0.39, 0.29) is 30.3 Å². The fourth-order valence-corrected chi connectivity index (χ4v) is 2.56. The number of nitrogens with zero attached hydrogens (tertiary/aromatic N) is 2. The fourth-order valence-electron chi connectivity index (χ4n) is 2.56. The molecule has 1 unspecified atom stereocenters. The Morgan fingerprint density at radius 3 is 2.89 bits per heavy atom. The maximum Gasteiger partial charge on any atom is 0.228 e. The SMILES string of the molecule is Cc1cc(C2CCCN2C(=O)C2CNC2)on1.Cl. The van der Waals surface area contributed by atoms with Gasteiger partial charge in [0.25, 0.3) is 0 Å². The first-order chi connectivity index (χ1) is 8.25. The molecule has 1 aromatic rings. The highest BCUT2D eigenvalue weighted by Gasteiger charge is 2.37. The van der Waals surface area contributed by atoms with Crippen LogP contribution in [-0.4, -0.2) is 35.6 Å². The van der Waals surface area contributed by atoms with Gasteiger partial charge in [0.1, 0.15) is 0 Å². The highest BCUT2D eigenvalue weighted by Crippen LogP contribution is 2.33. The zero-order valence-corrected chi connectivity index (χ0v) is 11.2. The molecular formula is C12H18ClN3O2. The number of carbonyl (C=O) groups excluding carboxylic acids is 1. The van der Waals surface area contributed by atoms with Crippen LogP contribution in [0.1, 0.15) is 30.3 Å². The smallest absolute Gasteiger partial charge is 0.228 e. The van der Waals surface area contributed by atoms with E-state index in [1.807, 2.05) is 17.9 Å². The molecule has 3 heterocycles. The summed E-state index contributed by atoms with van der Waals surface area (Å²) in [6, 6.07) is 2.04. The molecule has 1 N–H and O–H groups in total. The van der Waals surface area contributed by atoms with Crippen LogP contribution in [0.15, 0.2) is 10.6 Å². The molecule has 1 aromatic heterocycles. The lowest BCUT2D eigenvalue weighted by Crippen LogP contribution is -2.51. The van der Waals surface area contributed by atoms with Gasteiger partial charge in [-0.15, -0.1) is 12.4 Å². The molecule has 0 bridgehead atoms. The zero-order valence-electron chi connectivity index (χ0n) is 10.4. The van der Waals surface area contributed by atoms with Gasteiger partial charge in [-0.2, -0.15) is 0 Å². The van der Waals surface area contributed by atoms with Gasteiger partial charge in [0.15, 0.2) is 5.76 Å². The first kappa shape index (κ1) is 13.4. The topological polar surface area (TPSA) is 58.4 Å². The third kappa shape index (κ3) is 2.24. The summed E-state index contributed by atoms with van der Waals surface area (Å²) in [5.41, 5.74) is 0.879. The Hall–Kier alpha value is -1.07. The number of likely N-dealkylation sites (tertiary alicyclic amines) is 1. The quantitative estimate of drug-likeness (QED) is 0.881. The van der Waals surface area contributed by atoms with E-state index in [0.717, 1.165) is 43.9 Å². The highest BCUT2D eigenvalue weighted by atomic mass is 35.5. The van der Waals surface area contributed by atoms with Crippen LogP contribution in [0.4, 0.5) is 0 Å². The lowest BCUT2D eigenvalue weighted by atomic mass is 10.0. The van der Waals surface area contributed by atoms with Crippen molar-refractivity contribution in [3.8, 4) is 0 Å². The minimum absolute atomic E-state index is 0. The maximum absolute atomic E-state index is 12.2. The summed E-state index contributed by atoms with van der Waals surface area (Å²) in [5, 5.41) is 7.05. The highest BCUT2D eigenvalue weighted by molar-refractivity contribution is 5.85. The van der Waals surface area contributed by atoms with Crippen molar-refractivity contribution in [2.75, 3.05) is 19.6 Å². The Bertz CT molecular complexity index is 431. The second kappa shape index (κ2) is 5.28. The number of hydrogen-bond acceptors (Lipinski definition) is 4. The van der Waals surface area contributed by atoms with Crippen LogP contribution >= 0.6 is 12.4 Å². The van der Waals surface area contributed by atoms with Crippen molar-refractivity contribution in [3.05, 3.63) is 17.5 Å². The summed E-state index contributed by atoms with van der Waals surface area (Å²) in [5.74, 6) is 1.26. The first-order valence-electron chi connectivity index (χ1n) is 6.20. The molecule has 6 heteroatoms. The largest absolute Gasteiger partial charge is 0.359 e. The summed E-state index contributed by atoms with van der Waals surface area (Å²) >= 11 is 0. The molecule has 2 aliphatic heterocycles. The van der Waals surface area contributed by atoms with Crippen molar-refractivity contribution in [1.82, 2.24) is 15.4 Å². The molecule has 0 aromatic carbocycles.